The van der Waals surface area contributed by atoms with Crippen LogP contribution in [0.1, 0.15) is 35.5 Å². The molecule has 0 saturated heterocycles. The highest BCUT2D eigenvalue weighted by atomic mass is 31.2. The third-order valence-electron chi connectivity index (χ3n) is 4.96. The quantitative estimate of drug-likeness (QED) is 0.411. The van der Waals surface area contributed by atoms with Gasteiger partial charge in [-0.15, -0.1) is 0 Å². The topological polar surface area (TPSA) is 54.9 Å². The highest BCUT2D eigenvalue weighted by Gasteiger charge is 2.33. The fraction of sp³-hybridized carbons (Fsp3) is 0.333. The first-order chi connectivity index (χ1) is 13.8. The molecule has 2 aromatic carbocycles. The van der Waals surface area contributed by atoms with Crippen molar-refractivity contribution in [2.45, 2.75) is 33.0 Å². The van der Waals surface area contributed by atoms with Crippen LogP contribution in [0.3, 0.4) is 0 Å². The summed E-state index contributed by atoms with van der Waals surface area (Å²) in [5.41, 5.74) is 0.221. The van der Waals surface area contributed by atoms with Crippen molar-refractivity contribution in [1.29, 1.82) is 0 Å². The van der Waals surface area contributed by atoms with Gasteiger partial charge in [0.05, 0.1) is 17.1 Å². The van der Waals surface area contributed by atoms with E-state index >= 15 is 0 Å². The molecule has 3 aromatic rings. The molecule has 1 heterocycles. The molecule has 0 aliphatic carbocycles. The maximum atomic E-state index is 14.5. The number of benzene rings is 2. The maximum Gasteiger partial charge on any atom is 0.416 e. The van der Waals surface area contributed by atoms with Gasteiger partial charge >= 0.3 is 6.18 Å². The summed E-state index contributed by atoms with van der Waals surface area (Å²) in [5, 5.41) is 3.66. The molecule has 0 unspecified atom stereocenters. The molecule has 1 N–H and O–H groups in total. The zero-order chi connectivity index (χ0) is 22.4. The SMILES string of the molecule is Cc1nc(N[C@H](C)c2cccc(C(F)(F)F)c2C)c2cc(P(C)(C)=O)c(F)cc2n1. The highest BCUT2D eigenvalue weighted by Crippen LogP contribution is 2.38. The number of nitrogens with zero attached hydrogens (tertiary/aromatic N) is 2. The van der Waals surface area contributed by atoms with E-state index in [1.165, 1.54) is 38.5 Å². The molecule has 0 aliphatic rings. The van der Waals surface area contributed by atoms with Gasteiger partial charge in [0.25, 0.3) is 0 Å². The van der Waals surface area contributed by atoms with E-state index in [0.29, 0.717) is 28.1 Å². The summed E-state index contributed by atoms with van der Waals surface area (Å²) in [7, 11) is -2.90. The second kappa shape index (κ2) is 7.65. The van der Waals surface area contributed by atoms with Gasteiger partial charge in [0.15, 0.2) is 0 Å². The molecule has 0 amide bonds. The highest BCUT2D eigenvalue weighted by molar-refractivity contribution is 7.70. The second-order valence-corrected chi connectivity index (χ2v) is 10.9. The van der Waals surface area contributed by atoms with Gasteiger partial charge in [0.2, 0.25) is 0 Å². The lowest BCUT2D eigenvalue weighted by atomic mass is 9.97. The molecule has 1 atom stereocenters. The summed E-state index contributed by atoms with van der Waals surface area (Å²) in [6.07, 6.45) is -4.45. The maximum absolute atomic E-state index is 14.5. The van der Waals surface area contributed by atoms with Crippen molar-refractivity contribution >= 4 is 29.2 Å². The molecule has 4 nitrogen and oxygen atoms in total. The summed E-state index contributed by atoms with van der Waals surface area (Å²) < 4.78 is 66.7. The van der Waals surface area contributed by atoms with Gasteiger partial charge in [-0.1, -0.05) is 12.1 Å². The molecule has 1 aromatic heterocycles. The van der Waals surface area contributed by atoms with Crippen molar-refractivity contribution in [2.75, 3.05) is 18.6 Å². The van der Waals surface area contributed by atoms with E-state index in [4.69, 9.17) is 0 Å². The predicted molar refractivity (Wildman–Crippen MR) is 112 cm³/mol. The van der Waals surface area contributed by atoms with Gasteiger partial charge in [0.1, 0.15) is 24.6 Å². The van der Waals surface area contributed by atoms with Gasteiger partial charge in [-0.2, -0.15) is 13.2 Å². The standard InChI is InChI=1S/C21H22F4N3OP/c1-11-14(7-6-8-16(11)21(23,24)25)12(2)26-20-15-9-19(30(4,5)29)17(22)10-18(15)27-13(3)28-20/h6-10,12H,1-5H3,(H,26,27,28)/t12-/m1/s1. The number of nitrogens with one attached hydrogen (secondary N) is 1. The number of hydrogen-bond donors (Lipinski definition) is 1. The largest absolute Gasteiger partial charge is 0.416 e. The Kier molecular flexibility index (Phi) is 5.67. The van der Waals surface area contributed by atoms with Crippen LogP contribution in [0, 0.1) is 19.7 Å². The third-order valence-corrected chi connectivity index (χ3v) is 6.46. The summed E-state index contributed by atoms with van der Waals surface area (Å²) >= 11 is 0. The van der Waals surface area contributed by atoms with E-state index in [1.807, 2.05) is 0 Å². The molecular formula is C21H22F4N3OP. The van der Waals surface area contributed by atoms with E-state index in [-0.39, 0.29) is 10.9 Å². The van der Waals surface area contributed by atoms with Crippen LogP contribution >= 0.6 is 7.14 Å². The number of fused-ring (bicyclic) bond motifs is 1. The molecule has 0 bridgehead atoms. The number of halogens is 4. The van der Waals surface area contributed by atoms with Gasteiger partial charge in [0, 0.05) is 16.8 Å². The van der Waals surface area contributed by atoms with E-state index in [2.05, 4.69) is 15.3 Å². The first-order valence-electron chi connectivity index (χ1n) is 9.25. The van der Waals surface area contributed by atoms with Crippen molar-refractivity contribution in [2.24, 2.45) is 0 Å². The Morgan fingerprint density at radius 3 is 2.37 bits per heavy atom. The number of alkyl halides is 3. The van der Waals surface area contributed by atoms with E-state index in [0.717, 1.165) is 6.07 Å². The van der Waals surface area contributed by atoms with E-state index in [9.17, 15) is 22.1 Å². The zero-order valence-corrected chi connectivity index (χ0v) is 18.1. The first kappa shape index (κ1) is 22.2. The predicted octanol–water partition coefficient (Wildman–Crippen LogP) is 5.83. The van der Waals surface area contributed by atoms with Gasteiger partial charge in [-0.3, -0.25) is 0 Å². The number of aryl methyl sites for hydroxylation is 1. The van der Waals surface area contributed by atoms with Crippen LogP contribution < -0.4 is 10.6 Å². The molecule has 9 heteroatoms. The fourth-order valence-electron chi connectivity index (χ4n) is 3.49. The Labute approximate surface area is 172 Å². The lowest BCUT2D eigenvalue weighted by Crippen LogP contribution is -2.15. The Hall–Kier alpha value is -2.47. The van der Waals surface area contributed by atoms with Crippen molar-refractivity contribution in [3.63, 3.8) is 0 Å². The summed E-state index contributed by atoms with van der Waals surface area (Å²) in [6.45, 7) is 7.72. The Balaban J connectivity index is 2.11. The average Bonchev–Trinajstić information content (AvgIpc) is 2.58. The molecular weight excluding hydrogens is 417 g/mol. The number of hydrogen-bond acceptors (Lipinski definition) is 4. The zero-order valence-electron chi connectivity index (χ0n) is 17.2. The lowest BCUT2D eigenvalue weighted by molar-refractivity contribution is -0.138. The first-order valence-corrected chi connectivity index (χ1v) is 11.9. The number of anilines is 1. The van der Waals surface area contributed by atoms with Crippen molar-refractivity contribution in [3.05, 3.63) is 58.7 Å². The normalized spacial score (nSPS) is 13.5. The minimum atomic E-state index is -4.45. The summed E-state index contributed by atoms with van der Waals surface area (Å²) in [5.74, 6) is 0.111. The number of rotatable bonds is 4. The van der Waals surface area contributed by atoms with Crippen molar-refractivity contribution < 1.29 is 22.1 Å². The van der Waals surface area contributed by atoms with E-state index < -0.39 is 30.7 Å². The molecule has 160 valence electrons. The summed E-state index contributed by atoms with van der Waals surface area (Å²) in [6, 6.07) is 6.18. The second-order valence-electron chi connectivity index (χ2n) is 7.67. The van der Waals surface area contributed by atoms with Crippen LogP contribution in [0.15, 0.2) is 30.3 Å². The van der Waals surface area contributed by atoms with Gasteiger partial charge in [-0.05, 0) is 57.4 Å². The Morgan fingerprint density at radius 1 is 1.10 bits per heavy atom. The van der Waals surface area contributed by atoms with Crippen LogP contribution in [-0.4, -0.2) is 23.3 Å². The van der Waals surface area contributed by atoms with Crippen molar-refractivity contribution in [1.82, 2.24) is 9.97 Å². The van der Waals surface area contributed by atoms with Crippen LogP contribution in [0.2, 0.25) is 0 Å². The molecule has 0 saturated carbocycles. The van der Waals surface area contributed by atoms with Gasteiger partial charge < -0.3 is 9.88 Å². The van der Waals surface area contributed by atoms with Crippen LogP contribution in [0.25, 0.3) is 10.9 Å². The molecule has 0 aliphatic heterocycles. The fourth-order valence-corrected chi connectivity index (χ4v) is 4.51. The molecule has 3 rings (SSSR count). The molecule has 30 heavy (non-hydrogen) atoms. The monoisotopic (exact) mass is 439 g/mol. The lowest BCUT2D eigenvalue weighted by Gasteiger charge is -2.21. The van der Waals surface area contributed by atoms with Crippen LogP contribution in [-0.2, 0) is 10.7 Å². The summed E-state index contributed by atoms with van der Waals surface area (Å²) in [4.78, 5) is 8.60. The molecule has 0 fully saturated rings. The number of aromatic nitrogens is 2. The minimum absolute atomic E-state index is 0.0772. The Morgan fingerprint density at radius 2 is 1.77 bits per heavy atom. The third kappa shape index (κ3) is 4.33. The average molecular weight is 439 g/mol. The minimum Gasteiger partial charge on any atom is -0.363 e. The van der Waals surface area contributed by atoms with Crippen LogP contribution in [0.4, 0.5) is 23.4 Å². The van der Waals surface area contributed by atoms with E-state index in [1.54, 1.807) is 19.9 Å². The molecule has 0 spiro atoms. The smallest absolute Gasteiger partial charge is 0.363 e. The van der Waals surface area contributed by atoms with Gasteiger partial charge in [-0.25, -0.2) is 14.4 Å². The van der Waals surface area contributed by atoms with Crippen LogP contribution in [0.5, 0.6) is 0 Å². The van der Waals surface area contributed by atoms with Crippen molar-refractivity contribution in [3.8, 4) is 0 Å². The Bertz CT molecular complexity index is 1170. The molecule has 0 radical (unpaired) electrons.